The first kappa shape index (κ1) is 18.4. The third kappa shape index (κ3) is 4.32. The Morgan fingerprint density at radius 3 is 2.52 bits per heavy atom. The van der Waals surface area contributed by atoms with E-state index in [1.807, 2.05) is 22.4 Å². The van der Waals surface area contributed by atoms with E-state index in [1.165, 1.54) is 11.3 Å². The van der Waals surface area contributed by atoms with Gasteiger partial charge in [-0.2, -0.15) is 0 Å². The largest absolute Gasteiger partial charge is 0.352 e. The van der Waals surface area contributed by atoms with E-state index in [1.54, 1.807) is 4.90 Å². The number of hydrogen-bond donors (Lipinski definition) is 1. The zero-order valence-electron chi connectivity index (χ0n) is 15.4. The molecule has 27 heavy (non-hydrogen) atoms. The Bertz CT molecular complexity index is 696. The normalized spacial score (nSPS) is 23.5. The fourth-order valence-electron chi connectivity index (χ4n) is 3.85. The van der Waals surface area contributed by atoms with Crippen LogP contribution in [0.15, 0.2) is 17.5 Å². The first-order chi connectivity index (χ1) is 13.1. The van der Waals surface area contributed by atoms with Gasteiger partial charge in [-0.25, -0.2) is 0 Å². The lowest BCUT2D eigenvalue weighted by atomic mass is 10.1. The van der Waals surface area contributed by atoms with E-state index in [9.17, 15) is 14.4 Å². The summed E-state index contributed by atoms with van der Waals surface area (Å²) < 4.78 is 0. The highest BCUT2D eigenvalue weighted by atomic mass is 32.1. The highest BCUT2D eigenvalue weighted by Gasteiger charge is 2.38. The van der Waals surface area contributed by atoms with Gasteiger partial charge in [0.1, 0.15) is 6.04 Å². The summed E-state index contributed by atoms with van der Waals surface area (Å²) in [4.78, 5) is 44.0. The van der Waals surface area contributed by atoms with Crippen molar-refractivity contribution in [2.75, 3.05) is 39.3 Å². The second-order valence-electron chi connectivity index (χ2n) is 7.58. The van der Waals surface area contributed by atoms with E-state index >= 15 is 0 Å². The van der Waals surface area contributed by atoms with Crippen molar-refractivity contribution in [2.24, 2.45) is 0 Å². The van der Waals surface area contributed by atoms with Gasteiger partial charge in [0.2, 0.25) is 11.8 Å². The molecule has 0 bridgehead atoms. The lowest BCUT2D eigenvalue weighted by Gasteiger charge is -2.37. The van der Waals surface area contributed by atoms with Gasteiger partial charge in [0.15, 0.2) is 0 Å². The molecule has 8 heteroatoms. The summed E-state index contributed by atoms with van der Waals surface area (Å²) in [5.41, 5.74) is 0. The molecule has 1 atom stereocenters. The zero-order chi connectivity index (χ0) is 18.8. The standard InChI is InChI=1S/C19H26N4O3S/c24-17(20-14-5-6-14)13-21-8-10-22(11-9-21)18(25)15-3-1-7-23(15)19(26)16-4-2-12-27-16/h2,4,12,14-15H,1,3,5-11,13H2,(H,20,24)/t15-/m1/s1. The molecular formula is C19H26N4O3S. The second-order valence-corrected chi connectivity index (χ2v) is 8.52. The maximum absolute atomic E-state index is 13.0. The highest BCUT2D eigenvalue weighted by Crippen LogP contribution is 2.24. The Kier molecular flexibility index (Phi) is 5.45. The minimum absolute atomic E-state index is 0.0313. The van der Waals surface area contributed by atoms with Crippen LogP contribution in [0.2, 0.25) is 0 Å². The highest BCUT2D eigenvalue weighted by molar-refractivity contribution is 7.12. The quantitative estimate of drug-likeness (QED) is 0.806. The Hall–Kier alpha value is -1.93. The SMILES string of the molecule is O=C(CN1CCN(C(=O)[C@H]2CCCN2C(=O)c2cccs2)CC1)NC1CC1. The van der Waals surface area contributed by atoms with Crippen molar-refractivity contribution in [3.8, 4) is 0 Å². The fourth-order valence-corrected chi connectivity index (χ4v) is 4.53. The van der Waals surface area contributed by atoms with Crippen LogP contribution in [0.3, 0.4) is 0 Å². The number of piperazine rings is 1. The molecule has 1 aromatic rings. The first-order valence-corrected chi connectivity index (χ1v) is 10.6. The smallest absolute Gasteiger partial charge is 0.264 e. The number of nitrogens with zero attached hydrogens (tertiary/aromatic N) is 3. The third-order valence-electron chi connectivity index (χ3n) is 5.52. The zero-order valence-corrected chi connectivity index (χ0v) is 16.2. The first-order valence-electron chi connectivity index (χ1n) is 9.77. The molecule has 0 spiro atoms. The molecule has 2 aliphatic heterocycles. The van der Waals surface area contributed by atoms with Crippen LogP contribution in [0.25, 0.3) is 0 Å². The van der Waals surface area contributed by atoms with E-state index in [4.69, 9.17) is 0 Å². The summed E-state index contributed by atoms with van der Waals surface area (Å²) in [5.74, 6) is 0.108. The van der Waals surface area contributed by atoms with Crippen LogP contribution in [0.5, 0.6) is 0 Å². The van der Waals surface area contributed by atoms with E-state index in [2.05, 4.69) is 10.2 Å². The Morgan fingerprint density at radius 1 is 1.07 bits per heavy atom. The molecule has 3 fully saturated rings. The van der Waals surface area contributed by atoms with Gasteiger partial charge < -0.3 is 15.1 Å². The lowest BCUT2D eigenvalue weighted by Crippen LogP contribution is -2.55. The average molecular weight is 391 g/mol. The van der Waals surface area contributed by atoms with Gasteiger partial charge in [0.25, 0.3) is 5.91 Å². The summed E-state index contributed by atoms with van der Waals surface area (Å²) in [6.45, 7) is 3.70. The van der Waals surface area contributed by atoms with Crippen LogP contribution in [0.1, 0.15) is 35.4 Å². The van der Waals surface area contributed by atoms with E-state index in [0.717, 1.165) is 25.7 Å². The summed E-state index contributed by atoms with van der Waals surface area (Å²) in [7, 11) is 0. The van der Waals surface area contributed by atoms with Crippen LogP contribution >= 0.6 is 11.3 Å². The minimum Gasteiger partial charge on any atom is -0.352 e. The lowest BCUT2D eigenvalue weighted by molar-refractivity contribution is -0.137. The van der Waals surface area contributed by atoms with Crippen molar-refractivity contribution in [3.05, 3.63) is 22.4 Å². The van der Waals surface area contributed by atoms with Gasteiger partial charge in [-0.1, -0.05) is 6.07 Å². The molecule has 1 N–H and O–H groups in total. The van der Waals surface area contributed by atoms with Crippen molar-refractivity contribution in [3.63, 3.8) is 0 Å². The van der Waals surface area contributed by atoms with Crippen LogP contribution < -0.4 is 5.32 Å². The minimum atomic E-state index is -0.343. The predicted molar refractivity (Wildman–Crippen MR) is 103 cm³/mol. The molecule has 3 amide bonds. The topological polar surface area (TPSA) is 73.0 Å². The Balaban J connectivity index is 1.29. The van der Waals surface area contributed by atoms with E-state index in [0.29, 0.717) is 50.2 Å². The number of carbonyl (C=O) groups excluding carboxylic acids is 3. The molecule has 1 aromatic heterocycles. The van der Waals surface area contributed by atoms with Gasteiger partial charge in [-0.05, 0) is 37.1 Å². The van der Waals surface area contributed by atoms with Gasteiger partial charge in [0, 0.05) is 38.8 Å². The Morgan fingerprint density at radius 2 is 1.85 bits per heavy atom. The van der Waals surface area contributed by atoms with Crippen LogP contribution in [0, 0.1) is 0 Å². The summed E-state index contributed by atoms with van der Waals surface area (Å²) >= 11 is 1.42. The number of rotatable bonds is 5. The maximum atomic E-state index is 13.0. The van der Waals surface area contributed by atoms with E-state index in [-0.39, 0.29) is 23.8 Å². The summed E-state index contributed by atoms with van der Waals surface area (Å²) in [6.07, 6.45) is 3.79. The van der Waals surface area contributed by atoms with Crippen molar-refractivity contribution < 1.29 is 14.4 Å². The van der Waals surface area contributed by atoms with Gasteiger partial charge in [0.05, 0.1) is 11.4 Å². The van der Waals surface area contributed by atoms with Crippen molar-refractivity contribution in [1.29, 1.82) is 0 Å². The van der Waals surface area contributed by atoms with Crippen LogP contribution in [0.4, 0.5) is 0 Å². The summed E-state index contributed by atoms with van der Waals surface area (Å²) in [6, 6.07) is 3.72. The van der Waals surface area contributed by atoms with Crippen molar-refractivity contribution in [1.82, 2.24) is 20.0 Å². The molecule has 4 rings (SSSR count). The number of nitrogens with one attached hydrogen (secondary N) is 1. The van der Waals surface area contributed by atoms with Gasteiger partial charge in [-0.3, -0.25) is 19.3 Å². The van der Waals surface area contributed by atoms with Crippen molar-refractivity contribution >= 4 is 29.1 Å². The van der Waals surface area contributed by atoms with Crippen molar-refractivity contribution in [2.45, 2.75) is 37.8 Å². The number of carbonyl (C=O) groups is 3. The van der Waals surface area contributed by atoms with E-state index < -0.39 is 0 Å². The third-order valence-corrected chi connectivity index (χ3v) is 6.38. The predicted octanol–water partition coefficient (Wildman–Crippen LogP) is 0.776. The molecule has 0 radical (unpaired) electrons. The molecular weight excluding hydrogens is 364 g/mol. The summed E-state index contributed by atoms with van der Waals surface area (Å²) in [5, 5.41) is 4.89. The molecule has 0 aromatic carbocycles. The monoisotopic (exact) mass is 390 g/mol. The number of thiophene rings is 1. The Labute approximate surface area is 163 Å². The second kappa shape index (κ2) is 7.98. The van der Waals surface area contributed by atoms with Crippen LogP contribution in [-0.2, 0) is 9.59 Å². The molecule has 146 valence electrons. The number of hydrogen-bond acceptors (Lipinski definition) is 5. The molecule has 1 aliphatic carbocycles. The fraction of sp³-hybridized carbons (Fsp3) is 0.632. The van der Waals surface area contributed by atoms with Gasteiger partial charge in [-0.15, -0.1) is 11.3 Å². The molecule has 3 aliphatic rings. The molecule has 0 unspecified atom stereocenters. The molecule has 2 saturated heterocycles. The van der Waals surface area contributed by atoms with Gasteiger partial charge >= 0.3 is 0 Å². The van der Waals surface area contributed by atoms with Crippen LogP contribution in [-0.4, -0.2) is 83.8 Å². The number of amides is 3. The molecule has 7 nitrogen and oxygen atoms in total. The maximum Gasteiger partial charge on any atom is 0.264 e. The average Bonchev–Trinajstić information content (AvgIpc) is 3.16. The molecule has 3 heterocycles. The number of likely N-dealkylation sites (tertiary alicyclic amines) is 1. The molecule has 1 saturated carbocycles.